The smallest absolute Gasteiger partial charge is 0.406 e. The molecule has 0 saturated carbocycles. The minimum atomic E-state index is -4.77. The number of nitriles is 1. The van der Waals surface area contributed by atoms with Gasteiger partial charge in [-0.25, -0.2) is 0 Å². The number of nitrogens with zero attached hydrogens (tertiary/aromatic N) is 2. The number of hydrogen-bond acceptors (Lipinski definition) is 5. The van der Waals surface area contributed by atoms with Crippen LogP contribution in [0.25, 0.3) is 0 Å². The Hall–Kier alpha value is -3.05. The number of esters is 1. The minimum Gasteiger partial charge on any atom is -0.493 e. The van der Waals surface area contributed by atoms with Gasteiger partial charge < -0.3 is 9.47 Å². The van der Waals surface area contributed by atoms with E-state index in [1.807, 2.05) is 36.4 Å². The van der Waals surface area contributed by atoms with Gasteiger partial charge in [-0.15, -0.1) is 0 Å². The average Bonchev–Trinajstić information content (AvgIpc) is 3.14. The molecular formula is C21H19F3N2O3. The fraction of sp³-hybridized carbons (Fsp3) is 0.333. The number of carbonyl (C=O) groups is 1. The molecule has 2 aromatic rings. The van der Waals surface area contributed by atoms with E-state index in [2.05, 4.69) is 0 Å². The number of methoxy groups -OCH3 is 1. The maximum Gasteiger partial charge on any atom is 0.406 e. The first-order valence-electron chi connectivity index (χ1n) is 8.92. The molecule has 1 aliphatic rings. The summed E-state index contributed by atoms with van der Waals surface area (Å²) in [5.41, 5.74) is -1.52. The Bertz CT molecular complexity index is 925. The number of alkyl halides is 3. The molecule has 152 valence electrons. The lowest BCUT2D eigenvalue weighted by Gasteiger charge is -2.29. The van der Waals surface area contributed by atoms with E-state index in [-0.39, 0.29) is 30.0 Å². The van der Waals surface area contributed by atoms with Crippen LogP contribution in [0.1, 0.15) is 17.5 Å². The van der Waals surface area contributed by atoms with Gasteiger partial charge in [0.15, 0.2) is 16.9 Å². The van der Waals surface area contributed by atoms with Crippen LogP contribution in [-0.4, -0.2) is 37.2 Å². The van der Waals surface area contributed by atoms with E-state index in [9.17, 15) is 18.0 Å². The van der Waals surface area contributed by atoms with E-state index in [1.165, 1.54) is 25.3 Å². The lowest BCUT2D eigenvalue weighted by molar-refractivity contribution is -0.226. The van der Waals surface area contributed by atoms with Gasteiger partial charge in [0.25, 0.3) is 0 Å². The molecule has 1 heterocycles. The molecule has 1 atom stereocenters. The van der Waals surface area contributed by atoms with Crippen molar-refractivity contribution in [1.29, 1.82) is 5.26 Å². The summed E-state index contributed by atoms with van der Waals surface area (Å²) in [6, 6.07) is 14.9. The minimum absolute atomic E-state index is 0.0221. The number of halogens is 3. The topological polar surface area (TPSA) is 62.6 Å². The van der Waals surface area contributed by atoms with E-state index in [0.29, 0.717) is 6.54 Å². The molecule has 1 aliphatic heterocycles. The molecule has 8 heteroatoms. The quantitative estimate of drug-likeness (QED) is 0.558. The summed E-state index contributed by atoms with van der Waals surface area (Å²) in [7, 11) is 1.28. The van der Waals surface area contributed by atoms with Gasteiger partial charge in [-0.2, -0.15) is 18.4 Å². The van der Waals surface area contributed by atoms with Crippen molar-refractivity contribution in [2.45, 2.75) is 19.1 Å². The molecule has 2 aromatic carbocycles. The first kappa shape index (κ1) is 20.7. The second kappa shape index (κ2) is 8.13. The fourth-order valence-corrected chi connectivity index (χ4v) is 3.40. The third kappa shape index (κ3) is 4.20. The Morgan fingerprint density at radius 2 is 1.93 bits per heavy atom. The molecule has 0 aliphatic carbocycles. The molecule has 0 aromatic heterocycles. The van der Waals surface area contributed by atoms with Gasteiger partial charge in [0, 0.05) is 25.7 Å². The van der Waals surface area contributed by atoms with Crippen molar-refractivity contribution in [2.24, 2.45) is 5.41 Å². The van der Waals surface area contributed by atoms with Crippen LogP contribution in [0.4, 0.5) is 13.2 Å². The zero-order valence-electron chi connectivity index (χ0n) is 15.7. The third-order valence-corrected chi connectivity index (χ3v) is 5.03. The van der Waals surface area contributed by atoms with Crippen molar-refractivity contribution in [3.63, 3.8) is 0 Å². The summed E-state index contributed by atoms with van der Waals surface area (Å²) in [4.78, 5) is 14.3. The van der Waals surface area contributed by atoms with Gasteiger partial charge in [0.2, 0.25) is 0 Å². The Morgan fingerprint density at radius 3 is 2.55 bits per heavy atom. The highest BCUT2D eigenvalue weighted by atomic mass is 19.4. The molecule has 1 unspecified atom stereocenters. The number of benzene rings is 2. The molecule has 0 spiro atoms. The zero-order chi connectivity index (χ0) is 21.1. The first-order chi connectivity index (χ1) is 13.8. The summed E-state index contributed by atoms with van der Waals surface area (Å²) >= 11 is 0. The summed E-state index contributed by atoms with van der Waals surface area (Å²) in [6.45, 7) is -0.0526. The summed E-state index contributed by atoms with van der Waals surface area (Å²) < 4.78 is 52.1. The highest BCUT2D eigenvalue weighted by Gasteiger charge is 2.64. The molecule has 1 saturated heterocycles. The maximum absolute atomic E-state index is 14.0. The number of carbonyl (C=O) groups excluding carboxylic acids is 1. The standard InChI is InChI=1S/C21H19F3N2O3/c1-28-18-11-16(12-25)7-8-17(18)29-19(27)20(21(22,23)24)9-10-26(14-20)13-15-5-3-2-4-6-15/h2-8,11H,9-10,13-14H2,1H3. The first-order valence-corrected chi connectivity index (χ1v) is 8.92. The molecule has 29 heavy (non-hydrogen) atoms. The lowest BCUT2D eigenvalue weighted by Crippen LogP contribution is -2.49. The highest BCUT2D eigenvalue weighted by molar-refractivity contribution is 5.81. The predicted octanol–water partition coefficient (Wildman–Crippen LogP) is 3.93. The SMILES string of the molecule is COc1cc(C#N)ccc1OC(=O)C1(C(F)(F)F)CCN(Cc2ccccc2)C1. The fourth-order valence-electron chi connectivity index (χ4n) is 3.40. The van der Waals surface area contributed by atoms with Gasteiger partial charge in [0.05, 0.1) is 18.7 Å². The van der Waals surface area contributed by atoms with Gasteiger partial charge in [-0.1, -0.05) is 30.3 Å². The normalized spacial score (nSPS) is 19.6. The monoisotopic (exact) mass is 404 g/mol. The molecule has 0 bridgehead atoms. The van der Waals surface area contributed by atoms with Crippen LogP contribution in [-0.2, 0) is 11.3 Å². The van der Waals surface area contributed by atoms with E-state index in [4.69, 9.17) is 14.7 Å². The van der Waals surface area contributed by atoms with Gasteiger partial charge >= 0.3 is 12.1 Å². The number of likely N-dealkylation sites (tertiary alicyclic amines) is 1. The van der Waals surface area contributed by atoms with Crippen LogP contribution in [0.2, 0.25) is 0 Å². The molecule has 1 fully saturated rings. The van der Waals surface area contributed by atoms with Crippen molar-refractivity contribution in [3.8, 4) is 17.6 Å². The number of rotatable bonds is 5. The van der Waals surface area contributed by atoms with Gasteiger partial charge in [-0.3, -0.25) is 9.69 Å². The zero-order valence-corrected chi connectivity index (χ0v) is 15.7. The molecule has 3 rings (SSSR count). The Morgan fingerprint density at radius 1 is 1.21 bits per heavy atom. The van der Waals surface area contributed by atoms with Crippen molar-refractivity contribution in [3.05, 3.63) is 59.7 Å². The number of hydrogen-bond donors (Lipinski definition) is 0. The number of ether oxygens (including phenoxy) is 2. The van der Waals surface area contributed by atoms with Crippen LogP contribution < -0.4 is 9.47 Å². The third-order valence-electron chi connectivity index (χ3n) is 5.03. The lowest BCUT2D eigenvalue weighted by atomic mass is 9.86. The van der Waals surface area contributed by atoms with E-state index in [1.54, 1.807) is 4.90 Å². The molecule has 5 nitrogen and oxygen atoms in total. The van der Waals surface area contributed by atoms with Gasteiger partial charge in [-0.05, 0) is 24.1 Å². The van der Waals surface area contributed by atoms with Crippen molar-refractivity contribution >= 4 is 5.97 Å². The van der Waals surface area contributed by atoms with E-state index >= 15 is 0 Å². The Kier molecular flexibility index (Phi) is 5.80. The van der Waals surface area contributed by atoms with Crippen LogP contribution in [0.3, 0.4) is 0 Å². The van der Waals surface area contributed by atoms with Crippen LogP contribution in [0, 0.1) is 16.7 Å². The summed E-state index contributed by atoms with van der Waals surface area (Å²) in [5.74, 6) is -1.50. The Balaban J connectivity index is 1.83. The predicted molar refractivity (Wildman–Crippen MR) is 98.2 cm³/mol. The van der Waals surface area contributed by atoms with Crippen molar-refractivity contribution in [2.75, 3.05) is 20.2 Å². The molecule has 0 N–H and O–H groups in total. The largest absolute Gasteiger partial charge is 0.493 e. The van der Waals surface area contributed by atoms with Crippen LogP contribution in [0.5, 0.6) is 11.5 Å². The second-order valence-corrected chi connectivity index (χ2v) is 6.89. The van der Waals surface area contributed by atoms with E-state index < -0.39 is 24.1 Å². The van der Waals surface area contributed by atoms with Gasteiger partial charge in [0.1, 0.15) is 0 Å². The Labute approximate surface area is 166 Å². The van der Waals surface area contributed by atoms with Crippen LogP contribution in [0.15, 0.2) is 48.5 Å². The van der Waals surface area contributed by atoms with Crippen LogP contribution >= 0.6 is 0 Å². The van der Waals surface area contributed by atoms with E-state index in [0.717, 1.165) is 5.56 Å². The van der Waals surface area contributed by atoms with Crippen molar-refractivity contribution in [1.82, 2.24) is 4.90 Å². The summed E-state index contributed by atoms with van der Waals surface area (Å²) in [6.07, 6.45) is -5.16. The molecule has 0 radical (unpaired) electrons. The summed E-state index contributed by atoms with van der Waals surface area (Å²) in [5, 5.41) is 8.93. The van der Waals surface area contributed by atoms with Crippen molar-refractivity contribution < 1.29 is 27.4 Å². The molecular weight excluding hydrogens is 385 g/mol. The molecule has 0 amide bonds. The maximum atomic E-state index is 14.0. The highest BCUT2D eigenvalue weighted by Crippen LogP contribution is 2.47. The average molecular weight is 404 g/mol. The second-order valence-electron chi connectivity index (χ2n) is 6.89.